The molecule has 180 valence electrons. The zero-order chi connectivity index (χ0) is 24.7. The van der Waals surface area contributed by atoms with Crippen molar-refractivity contribution in [3.63, 3.8) is 0 Å². The lowest BCUT2D eigenvalue weighted by Crippen LogP contribution is -2.38. The summed E-state index contributed by atoms with van der Waals surface area (Å²) in [7, 11) is 0. The van der Waals surface area contributed by atoms with Crippen LogP contribution in [0.4, 0.5) is 26.3 Å². The first kappa shape index (κ1) is 24.1. The molecule has 12 heteroatoms. The van der Waals surface area contributed by atoms with E-state index in [-0.39, 0.29) is 25.1 Å². The Balaban J connectivity index is 1.47. The Morgan fingerprint density at radius 3 is 2.03 bits per heavy atom. The third kappa shape index (κ3) is 5.19. The van der Waals surface area contributed by atoms with E-state index in [0.717, 1.165) is 0 Å². The van der Waals surface area contributed by atoms with Gasteiger partial charge in [0.15, 0.2) is 0 Å². The average molecular weight is 504 g/mol. The zero-order valence-corrected chi connectivity index (χ0v) is 18.0. The predicted molar refractivity (Wildman–Crippen MR) is 109 cm³/mol. The van der Waals surface area contributed by atoms with E-state index in [1.165, 1.54) is 4.90 Å². The monoisotopic (exact) mass is 503 g/mol. The number of hydrogen-bond donors (Lipinski definition) is 0. The molecule has 1 aromatic heterocycles. The number of nitrogens with zero attached hydrogens (tertiary/aromatic N) is 3. The normalized spacial score (nSPS) is 15.6. The summed E-state index contributed by atoms with van der Waals surface area (Å²) in [6.07, 6.45) is -9.33. The minimum absolute atomic E-state index is 0.00311. The number of amides is 1. The second-order valence-electron chi connectivity index (χ2n) is 7.82. The van der Waals surface area contributed by atoms with Crippen molar-refractivity contribution in [2.75, 3.05) is 13.1 Å². The van der Waals surface area contributed by atoms with Gasteiger partial charge in [-0.3, -0.25) is 4.79 Å². The summed E-state index contributed by atoms with van der Waals surface area (Å²) in [6.45, 7) is 0.222. The van der Waals surface area contributed by atoms with Crippen LogP contribution in [0.25, 0.3) is 11.4 Å². The highest BCUT2D eigenvalue weighted by Gasteiger charge is 2.38. The van der Waals surface area contributed by atoms with Gasteiger partial charge in [0, 0.05) is 35.2 Å². The Hall–Kier alpha value is -3.08. The van der Waals surface area contributed by atoms with Crippen molar-refractivity contribution in [3.8, 4) is 11.4 Å². The standard InChI is InChI=1S/C22H16ClF6N3O2/c23-17-3-1-12(2-4-17)18-30-19(34-31-18)13-5-7-32(8-6-13)20(33)14-9-15(21(24,25)26)11-16(10-14)22(27,28)29/h1-4,9-11,13H,5-8H2. The van der Waals surface area contributed by atoms with Gasteiger partial charge in [0.05, 0.1) is 11.1 Å². The van der Waals surface area contributed by atoms with Crippen LogP contribution in [0.2, 0.25) is 5.02 Å². The number of piperidine rings is 1. The van der Waals surface area contributed by atoms with E-state index in [1.54, 1.807) is 24.3 Å². The molecule has 0 bridgehead atoms. The van der Waals surface area contributed by atoms with Crippen molar-refractivity contribution >= 4 is 17.5 Å². The first-order chi connectivity index (χ1) is 15.9. The van der Waals surface area contributed by atoms with Crippen LogP contribution < -0.4 is 0 Å². The number of aromatic nitrogens is 2. The Labute approximate surface area is 194 Å². The summed E-state index contributed by atoms with van der Waals surface area (Å²) in [5.74, 6) is -0.406. The minimum atomic E-state index is -5.02. The summed E-state index contributed by atoms with van der Waals surface area (Å²) in [5, 5.41) is 4.48. The molecule has 4 rings (SSSR count). The fourth-order valence-electron chi connectivity index (χ4n) is 3.71. The van der Waals surface area contributed by atoms with E-state index in [9.17, 15) is 31.1 Å². The number of carbonyl (C=O) groups excluding carboxylic acids is 1. The molecule has 0 unspecified atom stereocenters. The number of benzene rings is 2. The number of likely N-dealkylation sites (tertiary alicyclic amines) is 1. The molecule has 0 spiro atoms. The SMILES string of the molecule is O=C(c1cc(C(F)(F)F)cc(C(F)(F)F)c1)N1CCC(c2nc(-c3ccc(Cl)cc3)no2)CC1. The second kappa shape index (κ2) is 8.94. The van der Waals surface area contributed by atoms with Crippen LogP contribution in [0, 0.1) is 0 Å². The van der Waals surface area contributed by atoms with Crippen LogP contribution >= 0.6 is 11.6 Å². The van der Waals surface area contributed by atoms with Gasteiger partial charge in [0.1, 0.15) is 0 Å². The van der Waals surface area contributed by atoms with Crippen molar-refractivity contribution < 1.29 is 35.7 Å². The summed E-state index contributed by atoms with van der Waals surface area (Å²) < 4.78 is 83.9. The molecule has 3 aromatic rings. The van der Waals surface area contributed by atoms with Gasteiger partial charge >= 0.3 is 12.4 Å². The molecule has 1 aliphatic heterocycles. The summed E-state index contributed by atoms with van der Waals surface area (Å²) in [4.78, 5) is 18.3. The van der Waals surface area contributed by atoms with E-state index in [1.807, 2.05) is 0 Å². The molecule has 1 saturated heterocycles. The molecule has 0 N–H and O–H groups in total. The first-order valence-electron chi connectivity index (χ1n) is 10.1. The summed E-state index contributed by atoms with van der Waals surface area (Å²) in [5.41, 5.74) is -3.03. The van der Waals surface area contributed by atoms with Crippen molar-refractivity contribution in [2.24, 2.45) is 0 Å². The summed E-state index contributed by atoms with van der Waals surface area (Å²) in [6, 6.07) is 7.69. The third-order valence-corrected chi connectivity index (χ3v) is 5.76. The Morgan fingerprint density at radius 1 is 0.941 bits per heavy atom. The lowest BCUT2D eigenvalue weighted by atomic mass is 9.95. The number of hydrogen-bond acceptors (Lipinski definition) is 4. The zero-order valence-electron chi connectivity index (χ0n) is 17.3. The highest BCUT2D eigenvalue weighted by atomic mass is 35.5. The van der Waals surface area contributed by atoms with Gasteiger partial charge in [-0.25, -0.2) is 0 Å². The van der Waals surface area contributed by atoms with Crippen molar-refractivity contribution in [3.05, 3.63) is 70.1 Å². The summed E-state index contributed by atoms with van der Waals surface area (Å²) >= 11 is 5.86. The van der Waals surface area contributed by atoms with Crippen molar-refractivity contribution in [1.29, 1.82) is 0 Å². The fraction of sp³-hybridized carbons (Fsp3) is 0.318. The van der Waals surface area contributed by atoms with E-state index < -0.39 is 35.0 Å². The predicted octanol–water partition coefficient (Wildman–Crippen LogP) is 6.45. The third-order valence-electron chi connectivity index (χ3n) is 5.51. The van der Waals surface area contributed by atoms with Crippen LogP contribution in [0.1, 0.15) is 46.1 Å². The average Bonchev–Trinajstić information content (AvgIpc) is 3.28. The largest absolute Gasteiger partial charge is 0.416 e. The molecule has 0 radical (unpaired) electrons. The second-order valence-corrected chi connectivity index (χ2v) is 8.26. The Kier molecular flexibility index (Phi) is 6.32. The quantitative estimate of drug-likeness (QED) is 0.386. The number of rotatable bonds is 3. The molecule has 2 aromatic carbocycles. The lowest BCUT2D eigenvalue weighted by molar-refractivity contribution is -0.143. The van der Waals surface area contributed by atoms with Gasteiger partial charge in [-0.05, 0) is 55.3 Å². The van der Waals surface area contributed by atoms with Gasteiger partial charge in [-0.15, -0.1) is 0 Å². The molecule has 0 saturated carbocycles. The number of alkyl halides is 6. The van der Waals surface area contributed by atoms with E-state index in [0.29, 0.717) is 47.3 Å². The highest BCUT2D eigenvalue weighted by molar-refractivity contribution is 6.30. The van der Waals surface area contributed by atoms with Crippen LogP contribution in [0.3, 0.4) is 0 Å². The highest BCUT2D eigenvalue weighted by Crippen LogP contribution is 2.37. The van der Waals surface area contributed by atoms with Gasteiger partial charge in [-0.2, -0.15) is 31.3 Å². The van der Waals surface area contributed by atoms with Crippen molar-refractivity contribution in [1.82, 2.24) is 15.0 Å². The van der Waals surface area contributed by atoms with Crippen molar-refractivity contribution in [2.45, 2.75) is 31.1 Å². The number of halogens is 7. The van der Waals surface area contributed by atoms with E-state index >= 15 is 0 Å². The molecular weight excluding hydrogens is 488 g/mol. The van der Waals surface area contributed by atoms with Gasteiger partial charge in [-0.1, -0.05) is 16.8 Å². The Morgan fingerprint density at radius 2 is 1.50 bits per heavy atom. The molecule has 1 fully saturated rings. The van der Waals surface area contributed by atoms with Crippen LogP contribution in [-0.4, -0.2) is 34.0 Å². The minimum Gasteiger partial charge on any atom is -0.339 e. The molecule has 0 atom stereocenters. The van der Waals surface area contributed by atoms with Gasteiger partial charge in [0.25, 0.3) is 5.91 Å². The maximum Gasteiger partial charge on any atom is 0.416 e. The molecule has 1 aliphatic rings. The van der Waals surface area contributed by atoms with Crippen LogP contribution in [-0.2, 0) is 12.4 Å². The maximum absolute atomic E-state index is 13.1. The molecule has 0 aliphatic carbocycles. The lowest BCUT2D eigenvalue weighted by Gasteiger charge is -2.30. The molecule has 34 heavy (non-hydrogen) atoms. The van der Waals surface area contributed by atoms with Gasteiger partial charge in [0.2, 0.25) is 11.7 Å². The van der Waals surface area contributed by atoms with Gasteiger partial charge < -0.3 is 9.42 Å². The number of carbonyl (C=O) groups is 1. The van der Waals surface area contributed by atoms with Crippen LogP contribution in [0.5, 0.6) is 0 Å². The molecule has 2 heterocycles. The topological polar surface area (TPSA) is 59.2 Å². The molecular formula is C22H16ClF6N3O2. The maximum atomic E-state index is 13.1. The molecule has 5 nitrogen and oxygen atoms in total. The Bertz CT molecular complexity index is 1150. The van der Waals surface area contributed by atoms with Crippen LogP contribution in [0.15, 0.2) is 47.0 Å². The smallest absolute Gasteiger partial charge is 0.339 e. The van der Waals surface area contributed by atoms with E-state index in [2.05, 4.69) is 10.1 Å². The van der Waals surface area contributed by atoms with E-state index in [4.69, 9.17) is 16.1 Å². The first-order valence-corrected chi connectivity index (χ1v) is 10.5. The molecule has 1 amide bonds. The fourth-order valence-corrected chi connectivity index (χ4v) is 3.83.